The van der Waals surface area contributed by atoms with Crippen LogP contribution in [0.5, 0.6) is 0 Å². The Morgan fingerprint density at radius 3 is 2.95 bits per heavy atom. The second kappa shape index (κ2) is 5.34. The molecule has 0 radical (unpaired) electrons. The maximum atomic E-state index is 12.6. The molecule has 1 saturated heterocycles. The number of amides is 1. The summed E-state index contributed by atoms with van der Waals surface area (Å²) in [4.78, 5) is 20.4. The van der Waals surface area contributed by atoms with Crippen LogP contribution >= 0.6 is 11.3 Å². The van der Waals surface area contributed by atoms with Crippen molar-refractivity contribution in [1.82, 2.24) is 15.0 Å². The van der Waals surface area contributed by atoms with Crippen LogP contribution in [0.4, 0.5) is 0 Å². The zero-order valence-corrected chi connectivity index (χ0v) is 12.1. The fourth-order valence-corrected chi connectivity index (χ4v) is 3.01. The summed E-state index contributed by atoms with van der Waals surface area (Å²) < 4.78 is 10.6. The molecule has 3 heterocycles. The first-order valence-corrected chi connectivity index (χ1v) is 7.22. The minimum absolute atomic E-state index is 0.00717. The number of nitrogens with zero attached hydrogens (tertiary/aromatic N) is 3. The predicted molar refractivity (Wildman–Crippen MR) is 72.7 cm³/mol. The second-order valence-corrected chi connectivity index (χ2v) is 5.97. The van der Waals surface area contributed by atoms with E-state index < -0.39 is 0 Å². The van der Waals surface area contributed by atoms with E-state index >= 15 is 0 Å². The first-order chi connectivity index (χ1) is 9.65. The van der Waals surface area contributed by atoms with E-state index in [4.69, 9.17) is 9.26 Å². The van der Waals surface area contributed by atoms with Gasteiger partial charge in [-0.2, -0.15) is 4.98 Å². The van der Waals surface area contributed by atoms with Crippen LogP contribution in [0, 0.1) is 13.8 Å². The van der Waals surface area contributed by atoms with Crippen molar-refractivity contribution in [3.05, 3.63) is 33.6 Å². The third kappa shape index (κ3) is 2.46. The zero-order valence-electron chi connectivity index (χ0n) is 11.3. The van der Waals surface area contributed by atoms with Crippen molar-refractivity contribution in [3.8, 4) is 0 Å². The van der Waals surface area contributed by atoms with Gasteiger partial charge in [-0.05, 0) is 26.0 Å². The number of carbonyl (C=O) groups is 1. The maximum absolute atomic E-state index is 12.6. The molecule has 0 spiro atoms. The van der Waals surface area contributed by atoms with Crippen LogP contribution in [0.25, 0.3) is 0 Å². The summed E-state index contributed by atoms with van der Waals surface area (Å²) >= 11 is 1.49. The summed E-state index contributed by atoms with van der Waals surface area (Å²) in [7, 11) is 0. The van der Waals surface area contributed by atoms with Gasteiger partial charge in [-0.15, -0.1) is 11.3 Å². The molecule has 7 heteroatoms. The second-order valence-electron chi connectivity index (χ2n) is 4.68. The number of morpholine rings is 1. The van der Waals surface area contributed by atoms with Crippen LogP contribution in [-0.2, 0) is 4.74 Å². The number of hydrogen-bond acceptors (Lipinski definition) is 6. The SMILES string of the molecule is Cc1noc([C@@H]2COCCN2C(=O)c2ccc(C)s2)n1. The van der Waals surface area contributed by atoms with Crippen LogP contribution in [-0.4, -0.2) is 40.7 Å². The molecule has 1 atom stereocenters. The number of rotatable bonds is 2. The van der Waals surface area contributed by atoms with E-state index in [1.165, 1.54) is 11.3 Å². The van der Waals surface area contributed by atoms with Crippen molar-refractivity contribution in [2.75, 3.05) is 19.8 Å². The third-order valence-electron chi connectivity index (χ3n) is 3.17. The van der Waals surface area contributed by atoms with Crippen molar-refractivity contribution in [3.63, 3.8) is 0 Å². The molecular weight excluding hydrogens is 278 g/mol. The Morgan fingerprint density at radius 2 is 2.30 bits per heavy atom. The third-order valence-corrected chi connectivity index (χ3v) is 4.16. The summed E-state index contributed by atoms with van der Waals surface area (Å²) in [5.41, 5.74) is 0. The molecule has 20 heavy (non-hydrogen) atoms. The Kier molecular flexibility index (Phi) is 3.54. The molecule has 0 unspecified atom stereocenters. The fraction of sp³-hybridized carbons (Fsp3) is 0.462. The van der Waals surface area contributed by atoms with Gasteiger partial charge in [0.2, 0.25) is 0 Å². The van der Waals surface area contributed by atoms with Crippen molar-refractivity contribution < 1.29 is 14.1 Å². The highest BCUT2D eigenvalue weighted by Gasteiger charge is 2.33. The molecule has 0 bridgehead atoms. The lowest BCUT2D eigenvalue weighted by Gasteiger charge is -2.32. The first-order valence-electron chi connectivity index (χ1n) is 6.40. The van der Waals surface area contributed by atoms with Gasteiger partial charge in [0.15, 0.2) is 5.82 Å². The van der Waals surface area contributed by atoms with Crippen molar-refractivity contribution in [1.29, 1.82) is 0 Å². The lowest BCUT2D eigenvalue weighted by molar-refractivity contribution is -0.0116. The van der Waals surface area contributed by atoms with E-state index in [0.717, 1.165) is 9.75 Å². The molecule has 0 N–H and O–H groups in total. The number of hydrogen-bond donors (Lipinski definition) is 0. The minimum atomic E-state index is -0.306. The maximum Gasteiger partial charge on any atom is 0.264 e. The van der Waals surface area contributed by atoms with Gasteiger partial charge >= 0.3 is 0 Å². The van der Waals surface area contributed by atoms with Gasteiger partial charge < -0.3 is 14.2 Å². The highest BCUT2D eigenvalue weighted by Crippen LogP contribution is 2.27. The number of thiophene rings is 1. The summed E-state index contributed by atoms with van der Waals surface area (Å²) in [5.74, 6) is 0.987. The molecule has 1 fully saturated rings. The van der Waals surface area contributed by atoms with Crippen molar-refractivity contribution in [2.24, 2.45) is 0 Å². The van der Waals surface area contributed by atoms with E-state index in [1.54, 1.807) is 11.8 Å². The Morgan fingerprint density at radius 1 is 1.45 bits per heavy atom. The average Bonchev–Trinajstić information content (AvgIpc) is 3.07. The van der Waals surface area contributed by atoms with E-state index in [1.807, 2.05) is 19.1 Å². The van der Waals surface area contributed by atoms with Gasteiger partial charge in [-0.3, -0.25) is 4.79 Å². The van der Waals surface area contributed by atoms with Crippen molar-refractivity contribution >= 4 is 17.2 Å². The van der Waals surface area contributed by atoms with Crippen LogP contribution in [0.1, 0.15) is 32.3 Å². The van der Waals surface area contributed by atoms with E-state index in [0.29, 0.717) is 31.5 Å². The molecule has 6 nitrogen and oxygen atoms in total. The molecule has 106 valence electrons. The van der Waals surface area contributed by atoms with E-state index in [-0.39, 0.29) is 11.9 Å². The molecule has 1 amide bonds. The Bertz CT molecular complexity index is 622. The molecule has 0 aliphatic carbocycles. The zero-order chi connectivity index (χ0) is 14.1. The molecule has 0 saturated carbocycles. The summed E-state index contributed by atoms with van der Waals surface area (Å²) in [6.45, 7) is 5.18. The van der Waals surface area contributed by atoms with E-state index in [9.17, 15) is 4.79 Å². The fourth-order valence-electron chi connectivity index (χ4n) is 2.19. The molecular formula is C13H15N3O3S. The summed E-state index contributed by atoms with van der Waals surface area (Å²) in [6, 6.07) is 3.50. The highest BCUT2D eigenvalue weighted by molar-refractivity contribution is 7.13. The number of ether oxygens (including phenoxy) is 1. The number of carbonyl (C=O) groups excluding carboxylic acids is 1. The number of aromatic nitrogens is 2. The Balaban J connectivity index is 1.87. The van der Waals surface area contributed by atoms with Gasteiger partial charge in [0.1, 0.15) is 6.04 Å². The van der Waals surface area contributed by atoms with Crippen LogP contribution in [0.3, 0.4) is 0 Å². The van der Waals surface area contributed by atoms with E-state index in [2.05, 4.69) is 10.1 Å². The lowest BCUT2D eigenvalue weighted by Crippen LogP contribution is -2.43. The smallest absolute Gasteiger partial charge is 0.264 e. The molecule has 0 aromatic carbocycles. The van der Waals surface area contributed by atoms with Gasteiger partial charge in [0.05, 0.1) is 18.1 Å². The monoisotopic (exact) mass is 293 g/mol. The summed E-state index contributed by atoms with van der Waals surface area (Å²) in [5, 5.41) is 3.79. The van der Waals surface area contributed by atoms with Gasteiger partial charge in [-0.25, -0.2) is 0 Å². The van der Waals surface area contributed by atoms with Crippen molar-refractivity contribution in [2.45, 2.75) is 19.9 Å². The first kappa shape index (κ1) is 13.3. The van der Waals surface area contributed by atoms with Gasteiger partial charge in [0, 0.05) is 11.4 Å². The predicted octanol–water partition coefficient (Wildman–Crippen LogP) is 1.96. The van der Waals surface area contributed by atoms with Gasteiger partial charge in [-0.1, -0.05) is 5.16 Å². The van der Waals surface area contributed by atoms with Crippen LogP contribution in [0.15, 0.2) is 16.7 Å². The quantitative estimate of drug-likeness (QED) is 0.846. The standard InChI is InChI=1S/C13H15N3O3S/c1-8-3-4-11(20-8)13(17)16-5-6-18-7-10(16)12-14-9(2)15-19-12/h3-4,10H,5-7H2,1-2H3/t10-/m0/s1. The summed E-state index contributed by atoms with van der Waals surface area (Å²) in [6.07, 6.45) is 0. The Hall–Kier alpha value is -1.73. The largest absolute Gasteiger partial charge is 0.377 e. The molecule has 2 aromatic heterocycles. The topological polar surface area (TPSA) is 68.5 Å². The minimum Gasteiger partial charge on any atom is -0.377 e. The van der Waals surface area contributed by atoms with Crippen LogP contribution in [0.2, 0.25) is 0 Å². The molecule has 3 rings (SSSR count). The molecule has 1 aliphatic rings. The highest BCUT2D eigenvalue weighted by atomic mass is 32.1. The molecule has 1 aliphatic heterocycles. The normalized spacial score (nSPS) is 19.3. The lowest BCUT2D eigenvalue weighted by atomic mass is 10.2. The Labute approximate surface area is 120 Å². The van der Waals surface area contributed by atoms with Crippen LogP contribution < -0.4 is 0 Å². The molecule has 2 aromatic rings. The van der Waals surface area contributed by atoms with Gasteiger partial charge in [0.25, 0.3) is 11.8 Å². The average molecular weight is 293 g/mol. The number of aryl methyl sites for hydroxylation is 2.